The quantitative estimate of drug-likeness (QED) is 0.632. The molecule has 4 rings (SSSR count). The summed E-state index contributed by atoms with van der Waals surface area (Å²) in [6.07, 6.45) is 5.73. The van der Waals surface area contributed by atoms with Gasteiger partial charge in [-0.3, -0.25) is 14.3 Å². The van der Waals surface area contributed by atoms with Crippen molar-refractivity contribution in [1.29, 1.82) is 0 Å². The Bertz CT molecular complexity index is 940. The number of rotatable bonds is 7. The van der Waals surface area contributed by atoms with E-state index in [4.69, 9.17) is 4.74 Å². The maximum atomic E-state index is 12.3. The lowest BCUT2D eigenvalue weighted by molar-refractivity contribution is -0.113. The summed E-state index contributed by atoms with van der Waals surface area (Å²) in [4.78, 5) is 16.5. The van der Waals surface area contributed by atoms with E-state index in [1.165, 1.54) is 11.8 Å². The van der Waals surface area contributed by atoms with E-state index in [-0.39, 0.29) is 11.7 Å². The Hall–Kier alpha value is -2.87. The number of methoxy groups -OCH3 is 1. The summed E-state index contributed by atoms with van der Waals surface area (Å²) >= 11 is 1.39. The van der Waals surface area contributed by atoms with Crippen molar-refractivity contribution in [3.05, 3.63) is 48.8 Å². The Balaban J connectivity index is 1.45. The number of nitrogens with zero attached hydrogens (tertiary/aromatic N) is 4. The van der Waals surface area contributed by atoms with Gasteiger partial charge in [-0.2, -0.15) is 0 Å². The molecule has 0 aliphatic heterocycles. The number of amides is 1. The maximum Gasteiger partial charge on any atom is 0.234 e. The van der Waals surface area contributed by atoms with Gasteiger partial charge < -0.3 is 10.1 Å². The number of nitrogens with one attached hydrogen (secondary N) is 1. The van der Waals surface area contributed by atoms with Crippen LogP contribution in [0.4, 0.5) is 5.69 Å². The van der Waals surface area contributed by atoms with Crippen LogP contribution in [-0.4, -0.2) is 38.5 Å². The third-order valence-corrected chi connectivity index (χ3v) is 5.13. The summed E-state index contributed by atoms with van der Waals surface area (Å²) in [6.45, 7) is 0. The van der Waals surface area contributed by atoms with E-state index in [0.29, 0.717) is 17.5 Å². The fourth-order valence-corrected chi connectivity index (χ4v) is 3.56. The van der Waals surface area contributed by atoms with Crippen LogP contribution in [0.3, 0.4) is 0 Å². The summed E-state index contributed by atoms with van der Waals surface area (Å²) in [5.41, 5.74) is 1.64. The van der Waals surface area contributed by atoms with Crippen molar-refractivity contribution in [3.8, 4) is 17.1 Å². The minimum absolute atomic E-state index is 0.0958. The van der Waals surface area contributed by atoms with Crippen molar-refractivity contribution in [3.63, 3.8) is 0 Å². The molecule has 1 aliphatic rings. The van der Waals surface area contributed by atoms with Crippen molar-refractivity contribution in [2.24, 2.45) is 0 Å². The molecule has 2 aromatic heterocycles. The van der Waals surface area contributed by atoms with Gasteiger partial charge in [0.2, 0.25) is 5.91 Å². The van der Waals surface area contributed by atoms with Crippen LogP contribution in [0.15, 0.2) is 53.9 Å². The monoisotopic (exact) mass is 381 g/mol. The topological polar surface area (TPSA) is 81.9 Å². The fourth-order valence-electron chi connectivity index (χ4n) is 2.76. The molecule has 7 nitrogen and oxygen atoms in total. The first-order chi connectivity index (χ1) is 13.2. The minimum atomic E-state index is -0.0958. The molecule has 3 aromatic rings. The smallest absolute Gasteiger partial charge is 0.234 e. The molecule has 1 saturated carbocycles. The van der Waals surface area contributed by atoms with Crippen molar-refractivity contribution >= 4 is 23.4 Å². The number of ether oxygens (including phenoxy) is 1. The predicted octanol–water partition coefficient (Wildman–Crippen LogP) is 3.41. The summed E-state index contributed by atoms with van der Waals surface area (Å²) in [5, 5.41) is 12.3. The molecular formula is C19H19N5O2S. The zero-order valence-corrected chi connectivity index (χ0v) is 15.6. The van der Waals surface area contributed by atoms with E-state index >= 15 is 0 Å². The highest BCUT2D eigenvalue weighted by atomic mass is 32.2. The molecule has 0 unspecified atom stereocenters. The molecule has 2 heterocycles. The third-order valence-electron chi connectivity index (χ3n) is 4.18. The molecule has 1 N–H and O–H groups in total. The van der Waals surface area contributed by atoms with Gasteiger partial charge >= 0.3 is 0 Å². The van der Waals surface area contributed by atoms with E-state index in [2.05, 4.69) is 25.1 Å². The standard InChI is InChI=1S/C19H19N5O2S/c1-26-16-6-2-5-14(10-16)21-17(25)12-27-19-23-22-18(24(19)15-7-8-15)13-4-3-9-20-11-13/h2-6,9-11,15H,7-8,12H2,1H3,(H,21,25). The van der Waals surface area contributed by atoms with Crippen molar-refractivity contribution in [1.82, 2.24) is 19.7 Å². The van der Waals surface area contributed by atoms with Crippen LogP contribution in [0.25, 0.3) is 11.4 Å². The van der Waals surface area contributed by atoms with Crippen LogP contribution in [0.2, 0.25) is 0 Å². The molecule has 1 aliphatic carbocycles. The zero-order chi connectivity index (χ0) is 18.6. The fraction of sp³-hybridized carbons (Fsp3) is 0.263. The summed E-state index contributed by atoms with van der Waals surface area (Å²) in [6, 6.07) is 11.6. The first kappa shape index (κ1) is 17.5. The average molecular weight is 381 g/mol. The normalized spacial score (nSPS) is 13.4. The highest BCUT2D eigenvalue weighted by Crippen LogP contribution is 2.40. The van der Waals surface area contributed by atoms with Crippen LogP contribution in [0, 0.1) is 0 Å². The Labute approximate surface area is 161 Å². The van der Waals surface area contributed by atoms with Crippen LogP contribution >= 0.6 is 11.8 Å². The molecular weight excluding hydrogens is 362 g/mol. The summed E-state index contributed by atoms with van der Waals surface area (Å²) < 4.78 is 7.30. The van der Waals surface area contributed by atoms with Gasteiger partial charge in [0.25, 0.3) is 0 Å². The van der Waals surface area contributed by atoms with Gasteiger partial charge in [0.15, 0.2) is 11.0 Å². The molecule has 8 heteroatoms. The summed E-state index contributed by atoms with van der Waals surface area (Å²) in [5.74, 6) is 1.67. The lowest BCUT2D eigenvalue weighted by Gasteiger charge is -2.09. The van der Waals surface area contributed by atoms with Gasteiger partial charge in [-0.05, 0) is 37.1 Å². The van der Waals surface area contributed by atoms with Crippen LogP contribution in [0.1, 0.15) is 18.9 Å². The number of aromatic nitrogens is 4. The number of hydrogen-bond donors (Lipinski definition) is 1. The number of carbonyl (C=O) groups excluding carboxylic acids is 1. The average Bonchev–Trinajstić information content (AvgIpc) is 3.46. The van der Waals surface area contributed by atoms with Crippen LogP contribution in [-0.2, 0) is 4.79 Å². The number of benzene rings is 1. The van der Waals surface area contributed by atoms with Gasteiger partial charge in [0.05, 0.1) is 12.9 Å². The molecule has 0 atom stereocenters. The van der Waals surface area contributed by atoms with E-state index in [1.54, 1.807) is 25.6 Å². The van der Waals surface area contributed by atoms with Gasteiger partial charge in [-0.15, -0.1) is 10.2 Å². The SMILES string of the molecule is COc1cccc(NC(=O)CSc2nnc(-c3cccnc3)n2C2CC2)c1. The molecule has 1 aromatic carbocycles. The highest BCUT2D eigenvalue weighted by Gasteiger charge is 2.30. The van der Waals surface area contributed by atoms with Gasteiger partial charge in [-0.1, -0.05) is 17.8 Å². The molecule has 138 valence electrons. The summed E-state index contributed by atoms with van der Waals surface area (Å²) in [7, 11) is 1.60. The Morgan fingerprint density at radius 1 is 1.30 bits per heavy atom. The Morgan fingerprint density at radius 3 is 2.93 bits per heavy atom. The number of hydrogen-bond acceptors (Lipinski definition) is 6. The van der Waals surface area contributed by atoms with Crippen molar-refractivity contribution in [2.45, 2.75) is 24.0 Å². The van der Waals surface area contributed by atoms with Gasteiger partial charge in [0.1, 0.15) is 5.75 Å². The molecule has 0 saturated heterocycles. The first-order valence-electron chi connectivity index (χ1n) is 8.66. The molecule has 0 radical (unpaired) electrons. The van der Waals surface area contributed by atoms with E-state index in [9.17, 15) is 4.79 Å². The Morgan fingerprint density at radius 2 is 2.19 bits per heavy atom. The second-order valence-electron chi connectivity index (χ2n) is 6.22. The van der Waals surface area contributed by atoms with E-state index in [1.807, 2.05) is 30.3 Å². The number of pyridine rings is 1. The second-order valence-corrected chi connectivity index (χ2v) is 7.16. The molecule has 27 heavy (non-hydrogen) atoms. The zero-order valence-electron chi connectivity index (χ0n) is 14.8. The van der Waals surface area contributed by atoms with Crippen molar-refractivity contribution in [2.75, 3.05) is 18.2 Å². The largest absolute Gasteiger partial charge is 0.497 e. The van der Waals surface area contributed by atoms with E-state index in [0.717, 1.165) is 29.4 Å². The first-order valence-corrected chi connectivity index (χ1v) is 9.65. The predicted molar refractivity (Wildman–Crippen MR) is 104 cm³/mol. The number of anilines is 1. The van der Waals surface area contributed by atoms with Crippen LogP contribution in [0.5, 0.6) is 5.75 Å². The second kappa shape index (κ2) is 7.79. The van der Waals surface area contributed by atoms with Crippen molar-refractivity contribution < 1.29 is 9.53 Å². The van der Waals surface area contributed by atoms with Gasteiger partial charge in [-0.25, -0.2) is 0 Å². The molecule has 0 bridgehead atoms. The van der Waals surface area contributed by atoms with Gasteiger partial charge in [0, 0.05) is 35.8 Å². The number of thioether (sulfide) groups is 1. The lowest BCUT2D eigenvalue weighted by Crippen LogP contribution is -2.14. The molecule has 0 spiro atoms. The van der Waals surface area contributed by atoms with E-state index < -0.39 is 0 Å². The maximum absolute atomic E-state index is 12.3. The van der Waals surface area contributed by atoms with Crippen LogP contribution < -0.4 is 10.1 Å². The molecule has 1 fully saturated rings. The Kier molecular flexibility index (Phi) is 5.06. The molecule has 1 amide bonds. The number of carbonyl (C=O) groups is 1. The minimum Gasteiger partial charge on any atom is -0.497 e. The lowest BCUT2D eigenvalue weighted by atomic mass is 10.3. The highest BCUT2D eigenvalue weighted by molar-refractivity contribution is 7.99. The third kappa shape index (κ3) is 4.11.